The Morgan fingerprint density at radius 3 is 2.32 bits per heavy atom. The maximum absolute atomic E-state index is 5.13. The molecule has 0 saturated heterocycles. The fourth-order valence-electron chi connectivity index (χ4n) is 2.04. The van der Waals surface area contributed by atoms with Crippen LogP contribution in [0.15, 0.2) is 24.3 Å². The van der Waals surface area contributed by atoms with Gasteiger partial charge in [-0.2, -0.15) is 0 Å². The molecular formula is C16H28N2O. The number of aryl methyl sites for hydroxylation is 1. The largest absolute Gasteiger partial charge is 0.383 e. The number of hydrogen-bond acceptors (Lipinski definition) is 3. The summed E-state index contributed by atoms with van der Waals surface area (Å²) in [5.41, 5.74) is 2.70. The van der Waals surface area contributed by atoms with E-state index >= 15 is 0 Å². The Morgan fingerprint density at radius 2 is 1.74 bits per heavy atom. The van der Waals surface area contributed by atoms with Gasteiger partial charge < -0.3 is 14.5 Å². The lowest BCUT2D eigenvalue weighted by Gasteiger charge is -2.24. The fourth-order valence-corrected chi connectivity index (χ4v) is 2.04. The summed E-state index contributed by atoms with van der Waals surface area (Å²) in [5.74, 6) is 0. The van der Waals surface area contributed by atoms with Gasteiger partial charge >= 0.3 is 0 Å². The van der Waals surface area contributed by atoms with Gasteiger partial charge in [-0.05, 0) is 26.1 Å². The van der Waals surface area contributed by atoms with Crippen LogP contribution in [0.1, 0.15) is 18.1 Å². The zero-order valence-corrected chi connectivity index (χ0v) is 12.9. The van der Waals surface area contributed by atoms with Crippen LogP contribution in [0.4, 0.5) is 0 Å². The van der Waals surface area contributed by atoms with Crippen molar-refractivity contribution in [3.8, 4) is 0 Å². The summed E-state index contributed by atoms with van der Waals surface area (Å²) in [7, 11) is 3.95. The van der Waals surface area contributed by atoms with Crippen LogP contribution in [0.25, 0.3) is 0 Å². The van der Waals surface area contributed by atoms with Gasteiger partial charge in [0.1, 0.15) is 0 Å². The average Bonchev–Trinajstić information content (AvgIpc) is 2.42. The smallest absolute Gasteiger partial charge is 0.0589 e. The molecule has 19 heavy (non-hydrogen) atoms. The molecule has 0 unspecified atom stereocenters. The van der Waals surface area contributed by atoms with E-state index in [1.54, 1.807) is 7.11 Å². The molecule has 0 bridgehead atoms. The van der Waals surface area contributed by atoms with Crippen LogP contribution < -0.4 is 0 Å². The van der Waals surface area contributed by atoms with E-state index in [0.717, 1.165) is 39.3 Å². The summed E-state index contributed by atoms with van der Waals surface area (Å²) >= 11 is 0. The third-order valence-electron chi connectivity index (χ3n) is 3.43. The first-order chi connectivity index (χ1) is 9.15. The van der Waals surface area contributed by atoms with Crippen molar-refractivity contribution >= 4 is 0 Å². The van der Waals surface area contributed by atoms with Crippen LogP contribution >= 0.6 is 0 Å². The number of likely N-dealkylation sites (N-methyl/N-ethyl adjacent to an activating group) is 2. The molecule has 0 heterocycles. The molecule has 0 N–H and O–H groups in total. The van der Waals surface area contributed by atoms with Gasteiger partial charge in [0.25, 0.3) is 0 Å². The van der Waals surface area contributed by atoms with Crippen molar-refractivity contribution in [2.45, 2.75) is 20.4 Å². The first kappa shape index (κ1) is 16.2. The molecule has 1 aromatic rings. The van der Waals surface area contributed by atoms with Gasteiger partial charge in [0, 0.05) is 33.3 Å². The van der Waals surface area contributed by atoms with Crippen LogP contribution in [0.5, 0.6) is 0 Å². The first-order valence-electron chi connectivity index (χ1n) is 7.11. The number of benzene rings is 1. The highest BCUT2D eigenvalue weighted by Gasteiger charge is 2.05. The van der Waals surface area contributed by atoms with Crippen molar-refractivity contribution in [1.29, 1.82) is 0 Å². The predicted octanol–water partition coefficient (Wildman–Crippen LogP) is 2.40. The minimum absolute atomic E-state index is 0.815. The number of nitrogens with zero attached hydrogens (tertiary/aromatic N) is 2. The SMILES string of the molecule is CCN(CCOC)CCN(C)Cc1ccc(C)cc1. The second-order valence-corrected chi connectivity index (χ2v) is 5.15. The van der Waals surface area contributed by atoms with Gasteiger partial charge in [-0.1, -0.05) is 36.8 Å². The quantitative estimate of drug-likeness (QED) is 0.681. The van der Waals surface area contributed by atoms with Crippen molar-refractivity contribution in [2.24, 2.45) is 0 Å². The number of rotatable bonds is 9. The summed E-state index contributed by atoms with van der Waals surface area (Å²) in [6.45, 7) is 10.5. The lowest BCUT2D eigenvalue weighted by Crippen LogP contribution is -2.35. The van der Waals surface area contributed by atoms with Crippen molar-refractivity contribution in [1.82, 2.24) is 9.80 Å². The van der Waals surface area contributed by atoms with Gasteiger partial charge in [0.05, 0.1) is 6.61 Å². The van der Waals surface area contributed by atoms with Gasteiger partial charge in [-0.15, -0.1) is 0 Å². The maximum atomic E-state index is 5.13. The Bertz CT molecular complexity index is 337. The highest BCUT2D eigenvalue weighted by atomic mass is 16.5. The van der Waals surface area contributed by atoms with E-state index in [9.17, 15) is 0 Å². The molecule has 0 radical (unpaired) electrons. The Balaban J connectivity index is 2.30. The van der Waals surface area contributed by atoms with E-state index < -0.39 is 0 Å². The third kappa shape index (κ3) is 6.71. The van der Waals surface area contributed by atoms with E-state index in [2.05, 4.69) is 55.0 Å². The number of hydrogen-bond donors (Lipinski definition) is 0. The molecule has 0 aliphatic heterocycles. The fraction of sp³-hybridized carbons (Fsp3) is 0.625. The Hall–Kier alpha value is -0.900. The minimum atomic E-state index is 0.815. The van der Waals surface area contributed by atoms with E-state index in [1.807, 2.05) is 0 Å². The van der Waals surface area contributed by atoms with Crippen molar-refractivity contribution in [3.05, 3.63) is 35.4 Å². The zero-order valence-electron chi connectivity index (χ0n) is 12.9. The number of methoxy groups -OCH3 is 1. The van der Waals surface area contributed by atoms with Crippen LogP contribution in [-0.4, -0.2) is 56.7 Å². The lowest BCUT2D eigenvalue weighted by molar-refractivity contribution is 0.142. The number of ether oxygens (including phenoxy) is 1. The molecule has 1 aromatic carbocycles. The Morgan fingerprint density at radius 1 is 1.05 bits per heavy atom. The first-order valence-corrected chi connectivity index (χ1v) is 7.11. The standard InChI is InChI=1S/C16H28N2O/c1-5-18(12-13-19-4)11-10-17(3)14-16-8-6-15(2)7-9-16/h6-9H,5,10-14H2,1-4H3. The lowest BCUT2D eigenvalue weighted by atomic mass is 10.1. The van der Waals surface area contributed by atoms with E-state index in [1.165, 1.54) is 11.1 Å². The molecule has 0 spiro atoms. The molecule has 0 aliphatic rings. The van der Waals surface area contributed by atoms with E-state index in [-0.39, 0.29) is 0 Å². The van der Waals surface area contributed by atoms with E-state index in [0.29, 0.717) is 0 Å². The molecule has 108 valence electrons. The molecule has 0 fully saturated rings. The molecule has 3 heteroatoms. The molecule has 0 aliphatic carbocycles. The molecule has 0 aromatic heterocycles. The topological polar surface area (TPSA) is 15.7 Å². The second kappa shape index (κ2) is 9.08. The summed E-state index contributed by atoms with van der Waals surface area (Å²) < 4.78 is 5.13. The van der Waals surface area contributed by atoms with Crippen molar-refractivity contribution < 1.29 is 4.74 Å². The molecule has 1 rings (SSSR count). The van der Waals surface area contributed by atoms with Gasteiger partial charge in [-0.25, -0.2) is 0 Å². The third-order valence-corrected chi connectivity index (χ3v) is 3.43. The molecule has 0 atom stereocenters. The molecule has 0 amide bonds. The Kier molecular flexibility index (Phi) is 7.72. The van der Waals surface area contributed by atoms with Crippen molar-refractivity contribution in [3.63, 3.8) is 0 Å². The minimum Gasteiger partial charge on any atom is -0.383 e. The highest BCUT2D eigenvalue weighted by Crippen LogP contribution is 2.05. The Labute approximate surface area is 118 Å². The second-order valence-electron chi connectivity index (χ2n) is 5.15. The monoisotopic (exact) mass is 264 g/mol. The summed E-state index contributed by atoms with van der Waals surface area (Å²) in [6.07, 6.45) is 0. The summed E-state index contributed by atoms with van der Waals surface area (Å²) in [5, 5.41) is 0. The van der Waals surface area contributed by atoms with Crippen LogP contribution in [0, 0.1) is 6.92 Å². The maximum Gasteiger partial charge on any atom is 0.0589 e. The van der Waals surface area contributed by atoms with Crippen LogP contribution in [0.2, 0.25) is 0 Å². The summed E-state index contributed by atoms with van der Waals surface area (Å²) in [6, 6.07) is 8.79. The molecule has 0 saturated carbocycles. The average molecular weight is 264 g/mol. The van der Waals surface area contributed by atoms with Crippen LogP contribution in [-0.2, 0) is 11.3 Å². The van der Waals surface area contributed by atoms with Gasteiger partial charge in [0.2, 0.25) is 0 Å². The van der Waals surface area contributed by atoms with E-state index in [4.69, 9.17) is 4.74 Å². The highest BCUT2D eigenvalue weighted by molar-refractivity contribution is 5.21. The summed E-state index contributed by atoms with van der Waals surface area (Å²) in [4.78, 5) is 4.80. The van der Waals surface area contributed by atoms with Crippen LogP contribution in [0.3, 0.4) is 0 Å². The zero-order chi connectivity index (χ0) is 14.1. The van der Waals surface area contributed by atoms with Crippen molar-refractivity contribution in [2.75, 3.05) is 46.9 Å². The normalized spacial score (nSPS) is 11.5. The van der Waals surface area contributed by atoms with Gasteiger partial charge in [0.15, 0.2) is 0 Å². The molecular weight excluding hydrogens is 236 g/mol. The van der Waals surface area contributed by atoms with Gasteiger partial charge in [-0.3, -0.25) is 0 Å². The predicted molar refractivity (Wildman–Crippen MR) is 81.5 cm³/mol. The molecule has 3 nitrogen and oxygen atoms in total.